The van der Waals surface area contributed by atoms with Crippen LogP contribution in [0.15, 0.2) is 54.6 Å². The zero-order valence-electron chi connectivity index (χ0n) is 18.2. The van der Waals surface area contributed by atoms with Crippen molar-refractivity contribution in [3.05, 3.63) is 81.2 Å². The summed E-state index contributed by atoms with van der Waals surface area (Å²) in [4.78, 5) is 1.51. The van der Waals surface area contributed by atoms with E-state index in [0.717, 1.165) is 11.8 Å². The van der Waals surface area contributed by atoms with Crippen molar-refractivity contribution in [2.45, 2.75) is 11.8 Å². The number of aliphatic hydroxyl groups is 2. The second kappa shape index (κ2) is 9.98. The number of likely N-dealkylation sites (tertiary alicyclic amines) is 1. The summed E-state index contributed by atoms with van der Waals surface area (Å²) in [6.07, 6.45) is -1.34. The van der Waals surface area contributed by atoms with Crippen LogP contribution in [0.5, 0.6) is 5.75 Å². The van der Waals surface area contributed by atoms with E-state index in [1.165, 1.54) is 23.1 Å². The average molecular weight is 585 g/mol. The molecule has 1 aliphatic heterocycles. The van der Waals surface area contributed by atoms with Gasteiger partial charge in [0.1, 0.15) is 23.4 Å². The van der Waals surface area contributed by atoms with Gasteiger partial charge in [-0.1, -0.05) is 0 Å². The molecular formula is C24H23F3IN3O3. The first kappa shape index (κ1) is 24.6. The lowest BCUT2D eigenvalue weighted by Crippen LogP contribution is -2.65. The van der Waals surface area contributed by atoms with Gasteiger partial charge in [-0.2, -0.15) is 0 Å². The highest BCUT2D eigenvalue weighted by Gasteiger charge is 2.44. The molecule has 34 heavy (non-hydrogen) atoms. The van der Waals surface area contributed by atoms with Crippen LogP contribution in [0.1, 0.15) is 11.8 Å². The predicted octanol–water partition coefficient (Wildman–Crippen LogP) is 4.61. The first-order chi connectivity index (χ1) is 16.2. The van der Waals surface area contributed by atoms with Crippen molar-refractivity contribution in [1.29, 1.82) is 0 Å². The van der Waals surface area contributed by atoms with Gasteiger partial charge >= 0.3 is 0 Å². The van der Waals surface area contributed by atoms with Crippen LogP contribution in [0.2, 0.25) is 0 Å². The molecule has 10 heteroatoms. The van der Waals surface area contributed by atoms with Gasteiger partial charge in [-0.3, -0.25) is 4.90 Å². The highest BCUT2D eigenvalue weighted by Crippen LogP contribution is 2.37. The highest BCUT2D eigenvalue weighted by molar-refractivity contribution is 14.1. The fourth-order valence-electron chi connectivity index (χ4n) is 3.80. The van der Waals surface area contributed by atoms with Crippen molar-refractivity contribution in [1.82, 2.24) is 4.90 Å². The van der Waals surface area contributed by atoms with E-state index in [4.69, 9.17) is 4.74 Å². The minimum atomic E-state index is -1.34. The topological polar surface area (TPSA) is 77.0 Å². The van der Waals surface area contributed by atoms with Crippen molar-refractivity contribution >= 4 is 39.7 Å². The van der Waals surface area contributed by atoms with Gasteiger partial charge in [0.15, 0.2) is 11.6 Å². The first-order valence-electron chi connectivity index (χ1n) is 10.4. The fraction of sp³-hybridized carbons (Fsp3) is 0.250. The van der Waals surface area contributed by atoms with E-state index in [0.29, 0.717) is 9.32 Å². The number of nitrogens with zero attached hydrogens (tertiary/aromatic N) is 1. The third-order valence-electron chi connectivity index (χ3n) is 5.65. The van der Waals surface area contributed by atoms with E-state index < -0.39 is 29.3 Å². The van der Waals surface area contributed by atoms with E-state index in [1.54, 1.807) is 25.3 Å². The van der Waals surface area contributed by atoms with Crippen molar-refractivity contribution in [3.8, 4) is 5.75 Å². The lowest BCUT2D eigenvalue weighted by atomic mass is 9.92. The van der Waals surface area contributed by atoms with E-state index in [-0.39, 0.29) is 36.6 Å². The molecule has 0 aliphatic carbocycles. The molecule has 3 aromatic rings. The minimum Gasteiger partial charge on any atom is -0.497 e. The Morgan fingerprint density at radius 2 is 1.76 bits per heavy atom. The first-order valence-corrected chi connectivity index (χ1v) is 11.5. The molecule has 1 saturated heterocycles. The van der Waals surface area contributed by atoms with Gasteiger partial charge in [0.05, 0.1) is 18.5 Å². The molecule has 0 radical (unpaired) electrons. The maximum atomic E-state index is 14.7. The number of aliphatic hydroxyl groups excluding tert-OH is 1. The molecule has 0 bridgehead atoms. The van der Waals surface area contributed by atoms with E-state index in [2.05, 4.69) is 10.6 Å². The number of methoxy groups -OCH3 is 1. The smallest absolute Gasteiger partial charge is 0.182 e. The van der Waals surface area contributed by atoms with Crippen LogP contribution in [-0.2, 0) is 0 Å². The van der Waals surface area contributed by atoms with Gasteiger partial charge in [-0.15, -0.1) is 0 Å². The normalized spacial score (nSPS) is 16.0. The Morgan fingerprint density at radius 3 is 2.41 bits per heavy atom. The number of β-amino-alcohol motifs (C(OH)–C–C–N with tert-alkyl or cyclic N) is 1. The van der Waals surface area contributed by atoms with Gasteiger partial charge < -0.3 is 25.6 Å². The molecule has 1 heterocycles. The number of ether oxygens (including phenoxy) is 1. The van der Waals surface area contributed by atoms with E-state index in [9.17, 15) is 23.4 Å². The summed E-state index contributed by atoms with van der Waals surface area (Å²) in [7, 11) is 1.57. The highest BCUT2D eigenvalue weighted by atomic mass is 127. The van der Waals surface area contributed by atoms with Crippen LogP contribution in [0, 0.1) is 21.0 Å². The maximum Gasteiger partial charge on any atom is 0.182 e. The summed E-state index contributed by atoms with van der Waals surface area (Å²) in [6.45, 7) is 0.403. The molecule has 1 fully saturated rings. The molecule has 6 nitrogen and oxygen atoms in total. The maximum absolute atomic E-state index is 14.7. The van der Waals surface area contributed by atoms with Crippen LogP contribution in [-0.4, -0.2) is 47.5 Å². The Kier molecular flexibility index (Phi) is 7.22. The zero-order valence-corrected chi connectivity index (χ0v) is 20.3. The van der Waals surface area contributed by atoms with Crippen LogP contribution in [0.4, 0.5) is 30.2 Å². The summed E-state index contributed by atoms with van der Waals surface area (Å²) >= 11 is 1.94. The summed E-state index contributed by atoms with van der Waals surface area (Å²) in [5.74, 6) is -2.29. The van der Waals surface area contributed by atoms with Crippen molar-refractivity contribution in [3.63, 3.8) is 0 Å². The number of hydrogen-bond donors (Lipinski definition) is 4. The molecule has 0 spiro atoms. The molecule has 0 saturated carbocycles. The lowest BCUT2D eigenvalue weighted by molar-refractivity contribution is -0.155. The lowest BCUT2D eigenvalue weighted by Gasteiger charge is -2.48. The Labute approximate surface area is 208 Å². The van der Waals surface area contributed by atoms with Crippen molar-refractivity contribution < 1.29 is 28.1 Å². The van der Waals surface area contributed by atoms with E-state index in [1.807, 2.05) is 34.7 Å². The molecule has 3 aromatic carbocycles. The van der Waals surface area contributed by atoms with Crippen LogP contribution in [0.25, 0.3) is 0 Å². The van der Waals surface area contributed by atoms with Gasteiger partial charge in [0.25, 0.3) is 0 Å². The fourth-order valence-corrected chi connectivity index (χ4v) is 4.25. The van der Waals surface area contributed by atoms with Crippen molar-refractivity contribution in [2.75, 3.05) is 37.4 Å². The predicted molar refractivity (Wildman–Crippen MR) is 132 cm³/mol. The Balaban J connectivity index is 1.46. The third kappa shape index (κ3) is 5.24. The van der Waals surface area contributed by atoms with Crippen LogP contribution >= 0.6 is 22.6 Å². The SMILES string of the molecule is COc1ccc(NCC2(O)CN(C(O)c3ccc(F)c(F)c3Nc3ccc(I)cc3F)C2)cc1. The van der Waals surface area contributed by atoms with Gasteiger partial charge in [-0.05, 0) is 77.2 Å². The average Bonchev–Trinajstić information content (AvgIpc) is 2.80. The number of rotatable bonds is 8. The second-order valence-corrected chi connectivity index (χ2v) is 9.41. The van der Waals surface area contributed by atoms with E-state index >= 15 is 0 Å². The molecule has 0 aromatic heterocycles. The molecular weight excluding hydrogens is 562 g/mol. The van der Waals surface area contributed by atoms with Gasteiger partial charge in [0, 0.05) is 34.5 Å². The largest absolute Gasteiger partial charge is 0.497 e. The second-order valence-electron chi connectivity index (χ2n) is 8.16. The zero-order chi connectivity index (χ0) is 24.5. The summed E-state index contributed by atoms with van der Waals surface area (Å²) < 4.78 is 48.7. The summed E-state index contributed by atoms with van der Waals surface area (Å²) in [6, 6.07) is 13.6. The molecule has 4 N–H and O–H groups in total. The molecule has 4 rings (SSSR count). The Bertz CT molecular complexity index is 1170. The monoisotopic (exact) mass is 585 g/mol. The van der Waals surface area contributed by atoms with Crippen LogP contribution in [0.3, 0.4) is 0 Å². The number of benzene rings is 3. The number of anilines is 3. The minimum absolute atomic E-state index is 0.0296. The molecule has 1 aliphatic rings. The van der Waals surface area contributed by atoms with Gasteiger partial charge in [-0.25, -0.2) is 13.2 Å². The molecule has 0 amide bonds. The number of halogens is 4. The quantitative estimate of drug-likeness (QED) is 0.290. The Hall–Kier alpha value is -2.54. The molecule has 180 valence electrons. The molecule has 1 atom stereocenters. The van der Waals surface area contributed by atoms with Gasteiger partial charge in [0.2, 0.25) is 0 Å². The summed E-state index contributed by atoms with van der Waals surface area (Å²) in [5, 5.41) is 27.3. The summed E-state index contributed by atoms with van der Waals surface area (Å²) in [5.41, 5.74) is -0.724. The number of nitrogens with one attached hydrogen (secondary N) is 2. The van der Waals surface area contributed by atoms with Crippen LogP contribution < -0.4 is 15.4 Å². The molecule has 1 unspecified atom stereocenters. The Morgan fingerprint density at radius 1 is 1.06 bits per heavy atom. The number of hydrogen-bond acceptors (Lipinski definition) is 6. The van der Waals surface area contributed by atoms with Crippen molar-refractivity contribution in [2.24, 2.45) is 0 Å². The standard InChI is InChI=1S/C24H23F3IN3O3/c1-34-16-5-3-15(4-6-16)29-11-24(33)12-31(13-24)23(32)17-7-8-18(25)21(27)22(17)30-20-9-2-14(28)10-19(20)26/h2-10,23,29-30,32-33H,11-13H2,1H3. The third-order valence-corrected chi connectivity index (χ3v) is 6.32.